The number of nitrogens with zero attached hydrogens (tertiary/aromatic N) is 2. The van der Waals surface area contributed by atoms with Gasteiger partial charge in [-0.3, -0.25) is 4.79 Å². The molecular formula is C4H3ClN2O. The van der Waals surface area contributed by atoms with E-state index in [1.54, 1.807) is 0 Å². The van der Waals surface area contributed by atoms with Crippen LogP contribution in [0.15, 0.2) is 22.0 Å². The maximum Gasteiger partial charge on any atom is 0.290 e. The van der Waals surface area contributed by atoms with E-state index in [0.29, 0.717) is 5.70 Å². The fourth-order valence-corrected chi connectivity index (χ4v) is 0.510. The predicted octanol–water partition coefficient (Wildman–Crippen LogP) is 1.10. The average molecular weight is 131 g/mol. The molecule has 0 fully saturated rings. The number of alkyl halides is 1. The molecule has 0 aromatic rings. The van der Waals surface area contributed by atoms with Gasteiger partial charge in [0.2, 0.25) is 0 Å². The lowest BCUT2D eigenvalue weighted by Gasteiger charge is -1.77. The van der Waals surface area contributed by atoms with Crippen molar-refractivity contribution in [2.75, 3.05) is 5.88 Å². The Balaban J connectivity index is 2.72. The van der Waals surface area contributed by atoms with Crippen LogP contribution >= 0.6 is 11.6 Å². The molecule has 8 heavy (non-hydrogen) atoms. The highest BCUT2D eigenvalue weighted by molar-refractivity contribution is 6.19. The monoisotopic (exact) mass is 130 g/mol. The van der Waals surface area contributed by atoms with Gasteiger partial charge in [-0.2, -0.15) is 5.11 Å². The molecule has 42 valence electrons. The molecule has 0 aromatic heterocycles. The summed E-state index contributed by atoms with van der Waals surface area (Å²) in [5.74, 6) is -0.0597. The molecule has 1 aliphatic heterocycles. The minimum Gasteiger partial charge on any atom is -0.266 e. The summed E-state index contributed by atoms with van der Waals surface area (Å²) in [5.41, 5.74) is 0.539. The van der Waals surface area contributed by atoms with Crippen LogP contribution in [0.4, 0.5) is 0 Å². The third-order valence-corrected chi connectivity index (χ3v) is 0.978. The number of halogens is 1. The summed E-state index contributed by atoms with van der Waals surface area (Å²) in [4.78, 5) is 10.2. The number of azo groups is 1. The normalized spacial score (nSPS) is 17.1. The van der Waals surface area contributed by atoms with E-state index >= 15 is 0 Å². The maximum atomic E-state index is 10.2. The van der Waals surface area contributed by atoms with E-state index in [9.17, 15) is 4.79 Å². The molecule has 0 bridgehead atoms. The highest BCUT2D eigenvalue weighted by Gasteiger charge is 2.04. The van der Waals surface area contributed by atoms with E-state index < -0.39 is 0 Å². The molecule has 0 aromatic carbocycles. The lowest BCUT2D eigenvalue weighted by Crippen LogP contribution is -1.78. The molecule has 1 amide bonds. The zero-order valence-corrected chi connectivity index (χ0v) is 4.72. The Morgan fingerprint density at radius 3 is 2.62 bits per heavy atom. The van der Waals surface area contributed by atoms with Crippen LogP contribution in [0.25, 0.3) is 0 Å². The summed E-state index contributed by atoms with van der Waals surface area (Å²) in [5, 5.41) is 6.64. The maximum absolute atomic E-state index is 10.2. The molecular weight excluding hydrogens is 128 g/mol. The second-order valence-electron chi connectivity index (χ2n) is 1.31. The van der Waals surface area contributed by atoms with E-state index in [-0.39, 0.29) is 11.8 Å². The Morgan fingerprint density at radius 1 is 1.62 bits per heavy atom. The summed E-state index contributed by atoms with van der Waals surface area (Å²) in [7, 11) is 0. The summed E-state index contributed by atoms with van der Waals surface area (Å²) in [6, 6.07) is 0. The molecule has 0 aliphatic carbocycles. The largest absolute Gasteiger partial charge is 0.290 e. The van der Waals surface area contributed by atoms with Gasteiger partial charge in [-0.05, 0) is 0 Å². The van der Waals surface area contributed by atoms with Crippen LogP contribution < -0.4 is 0 Å². The lowest BCUT2D eigenvalue weighted by molar-refractivity contribution is -0.113. The van der Waals surface area contributed by atoms with Gasteiger partial charge in [-0.15, -0.1) is 16.7 Å². The Hall–Kier alpha value is -0.700. The van der Waals surface area contributed by atoms with Gasteiger partial charge in [-0.1, -0.05) is 0 Å². The van der Waals surface area contributed by atoms with Crippen LogP contribution in [0.2, 0.25) is 0 Å². The molecule has 0 saturated heterocycles. The highest BCUT2D eigenvalue weighted by atomic mass is 35.5. The molecule has 1 heterocycles. The molecule has 0 spiro atoms. The molecule has 0 N–H and O–H groups in total. The van der Waals surface area contributed by atoms with Gasteiger partial charge in [0.1, 0.15) is 0 Å². The standard InChI is InChI=1S/C4H3ClN2O/c5-2-3-1-4(8)7-6-3/h1H,2H2. The quantitative estimate of drug-likeness (QED) is 0.490. The third-order valence-electron chi connectivity index (χ3n) is 0.704. The van der Waals surface area contributed by atoms with Crippen molar-refractivity contribution in [3.63, 3.8) is 0 Å². The first-order valence-electron chi connectivity index (χ1n) is 2.05. The summed E-state index contributed by atoms with van der Waals surface area (Å²) < 4.78 is 0. The lowest BCUT2D eigenvalue weighted by atomic mass is 10.5. The Labute approximate surface area is 51.1 Å². The van der Waals surface area contributed by atoms with Gasteiger partial charge in [-0.25, -0.2) is 0 Å². The van der Waals surface area contributed by atoms with Gasteiger partial charge in [0.15, 0.2) is 0 Å². The third kappa shape index (κ3) is 0.924. The average Bonchev–Trinajstić information content (AvgIpc) is 2.14. The van der Waals surface area contributed by atoms with Crippen LogP contribution in [0.3, 0.4) is 0 Å². The van der Waals surface area contributed by atoms with Gasteiger partial charge >= 0.3 is 0 Å². The smallest absolute Gasteiger partial charge is 0.266 e. The van der Waals surface area contributed by atoms with Crippen molar-refractivity contribution in [3.05, 3.63) is 11.8 Å². The predicted molar refractivity (Wildman–Crippen MR) is 28.7 cm³/mol. The van der Waals surface area contributed by atoms with E-state index in [1.165, 1.54) is 6.08 Å². The number of rotatable bonds is 1. The van der Waals surface area contributed by atoms with Crippen molar-refractivity contribution in [1.29, 1.82) is 0 Å². The van der Waals surface area contributed by atoms with Crippen LogP contribution in [-0.2, 0) is 4.79 Å². The van der Waals surface area contributed by atoms with Gasteiger partial charge in [0, 0.05) is 6.08 Å². The number of hydrogen-bond donors (Lipinski definition) is 0. The number of carbonyl (C=O) groups excluding carboxylic acids is 1. The Kier molecular flexibility index (Phi) is 1.39. The second kappa shape index (κ2) is 2.05. The van der Waals surface area contributed by atoms with Crippen molar-refractivity contribution in [1.82, 2.24) is 0 Å². The summed E-state index contributed by atoms with van der Waals surface area (Å²) in [6.45, 7) is 0. The minimum atomic E-state index is -0.319. The number of allylic oxidation sites excluding steroid dienone is 1. The molecule has 0 atom stereocenters. The second-order valence-corrected chi connectivity index (χ2v) is 1.57. The fourth-order valence-electron chi connectivity index (χ4n) is 0.379. The van der Waals surface area contributed by atoms with Gasteiger partial charge < -0.3 is 0 Å². The number of amides is 1. The molecule has 3 nitrogen and oxygen atoms in total. The first-order chi connectivity index (χ1) is 3.83. The van der Waals surface area contributed by atoms with Crippen molar-refractivity contribution < 1.29 is 4.79 Å². The van der Waals surface area contributed by atoms with Crippen LogP contribution in [0.1, 0.15) is 0 Å². The highest BCUT2D eigenvalue weighted by Crippen LogP contribution is 2.07. The molecule has 0 saturated carbocycles. The van der Waals surface area contributed by atoms with Crippen LogP contribution in [0.5, 0.6) is 0 Å². The van der Waals surface area contributed by atoms with Gasteiger partial charge in [0.05, 0.1) is 11.6 Å². The first-order valence-corrected chi connectivity index (χ1v) is 2.58. The Morgan fingerprint density at radius 2 is 2.38 bits per heavy atom. The molecule has 0 radical (unpaired) electrons. The Bertz CT molecular complexity index is 173. The molecule has 0 unspecified atom stereocenters. The van der Waals surface area contributed by atoms with E-state index in [2.05, 4.69) is 10.2 Å². The van der Waals surface area contributed by atoms with Crippen LogP contribution in [-0.4, -0.2) is 11.8 Å². The SMILES string of the molecule is O=C1C=C(CCl)N=N1. The molecule has 4 heteroatoms. The fraction of sp³-hybridized carbons (Fsp3) is 0.250. The van der Waals surface area contributed by atoms with Crippen molar-refractivity contribution >= 4 is 17.5 Å². The van der Waals surface area contributed by atoms with Crippen LogP contribution in [0, 0.1) is 0 Å². The van der Waals surface area contributed by atoms with Crippen molar-refractivity contribution in [3.8, 4) is 0 Å². The topological polar surface area (TPSA) is 41.8 Å². The number of hydrogen-bond acceptors (Lipinski definition) is 2. The van der Waals surface area contributed by atoms with E-state index in [0.717, 1.165) is 0 Å². The van der Waals surface area contributed by atoms with E-state index in [1.807, 2.05) is 0 Å². The minimum absolute atomic E-state index is 0.259. The van der Waals surface area contributed by atoms with E-state index in [4.69, 9.17) is 11.6 Å². The van der Waals surface area contributed by atoms with Crippen molar-refractivity contribution in [2.24, 2.45) is 10.2 Å². The summed E-state index contributed by atoms with van der Waals surface area (Å²) in [6.07, 6.45) is 1.31. The number of carbonyl (C=O) groups is 1. The van der Waals surface area contributed by atoms with Gasteiger partial charge in [0.25, 0.3) is 5.91 Å². The summed E-state index contributed by atoms with van der Waals surface area (Å²) >= 11 is 5.30. The molecule has 1 rings (SSSR count). The van der Waals surface area contributed by atoms with Crippen molar-refractivity contribution in [2.45, 2.75) is 0 Å². The first kappa shape index (κ1) is 5.44. The molecule has 1 aliphatic rings. The zero-order chi connectivity index (χ0) is 5.98. The zero-order valence-electron chi connectivity index (χ0n) is 3.97.